The Balaban J connectivity index is 2.26. The predicted molar refractivity (Wildman–Crippen MR) is 94.5 cm³/mol. The molecule has 0 saturated heterocycles. The average Bonchev–Trinajstić information content (AvgIpc) is 3.03. The Morgan fingerprint density at radius 2 is 1.79 bits per heavy atom. The predicted octanol–water partition coefficient (Wildman–Crippen LogP) is 2.87. The van der Waals surface area contributed by atoms with Crippen LogP contribution in [0.5, 0.6) is 0 Å². The third-order valence-corrected chi connectivity index (χ3v) is 4.58. The van der Waals surface area contributed by atoms with Gasteiger partial charge in [0.25, 0.3) is 5.56 Å². The summed E-state index contributed by atoms with van der Waals surface area (Å²) in [6.45, 7) is 0. The van der Waals surface area contributed by atoms with E-state index in [-0.39, 0.29) is 15.7 Å². The van der Waals surface area contributed by atoms with Crippen molar-refractivity contribution >= 4 is 45.1 Å². The Morgan fingerprint density at radius 3 is 2.50 bits per heavy atom. The van der Waals surface area contributed by atoms with Crippen LogP contribution in [0.25, 0.3) is 27.6 Å². The van der Waals surface area contributed by atoms with Crippen molar-refractivity contribution in [1.29, 1.82) is 0 Å². The molecule has 0 amide bonds. The summed E-state index contributed by atoms with van der Waals surface area (Å²) in [4.78, 5) is 33.0. The number of fused-ring (bicyclic) bond motifs is 3. The molecule has 0 bridgehead atoms. The van der Waals surface area contributed by atoms with Gasteiger partial charge >= 0.3 is 5.69 Å². The summed E-state index contributed by atoms with van der Waals surface area (Å²) in [6, 6.07) is 6.57. The second-order valence-corrected chi connectivity index (χ2v) is 6.13. The molecule has 0 spiro atoms. The van der Waals surface area contributed by atoms with Crippen LogP contribution >= 0.6 is 23.2 Å². The standard InChI is InChI=1S/C16H10Cl2N4O2/c1-21-12-8-5-6-19-14(8)20-7-9(12)15(23)22(16(21)24)13-10(17)3-2-4-11(13)18/h2-7H,1H3,(H,19,20). The summed E-state index contributed by atoms with van der Waals surface area (Å²) >= 11 is 12.4. The number of para-hydroxylation sites is 1. The van der Waals surface area contributed by atoms with E-state index in [1.807, 2.05) is 0 Å². The van der Waals surface area contributed by atoms with Gasteiger partial charge in [-0.25, -0.2) is 14.3 Å². The quantitative estimate of drug-likeness (QED) is 0.567. The summed E-state index contributed by atoms with van der Waals surface area (Å²) < 4.78 is 2.38. The minimum atomic E-state index is -0.531. The van der Waals surface area contributed by atoms with Crippen molar-refractivity contribution in [3.63, 3.8) is 0 Å². The number of hydrogen-bond acceptors (Lipinski definition) is 3. The Kier molecular flexibility index (Phi) is 3.26. The summed E-state index contributed by atoms with van der Waals surface area (Å²) in [6.07, 6.45) is 3.15. The maximum absolute atomic E-state index is 13.0. The number of halogens is 2. The Labute approximate surface area is 144 Å². The van der Waals surface area contributed by atoms with E-state index >= 15 is 0 Å². The fourth-order valence-corrected chi connectivity index (χ4v) is 3.43. The van der Waals surface area contributed by atoms with Gasteiger partial charge in [0.05, 0.1) is 26.6 Å². The second-order valence-electron chi connectivity index (χ2n) is 5.31. The van der Waals surface area contributed by atoms with Gasteiger partial charge in [-0.15, -0.1) is 0 Å². The molecule has 0 aliphatic rings. The molecule has 1 N–H and O–H groups in total. The van der Waals surface area contributed by atoms with Crippen molar-refractivity contribution in [3.8, 4) is 5.69 Å². The van der Waals surface area contributed by atoms with Crippen molar-refractivity contribution in [3.05, 3.63) is 67.5 Å². The van der Waals surface area contributed by atoms with E-state index in [1.54, 1.807) is 37.5 Å². The number of nitrogens with one attached hydrogen (secondary N) is 1. The molecule has 0 aliphatic carbocycles. The minimum Gasteiger partial charge on any atom is -0.346 e. The summed E-state index contributed by atoms with van der Waals surface area (Å²) in [5, 5.41) is 1.44. The lowest BCUT2D eigenvalue weighted by atomic mass is 10.2. The molecule has 24 heavy (non-hydrogen) atoms. The molecule has 120 valence electrons. The number of aromatic nitrogens is 4. The minimum absolute atomic E-state index is 0.169. The molecule has 0 saturated carbocycles. The first-order chi connectivity index (χ1) is 11.5. The first-order valence-electron chi connectivity index (χ1n) is 7.03. The van der Waals surface area contributed by atoms with E-state index in [0.29, 0.717) is 21.9 Å². The van der Waals surface area contributed by atoms with E-state index in [2.05, 4.69) is 9.97 Å². The highest BCUT2D eigenvalue weighted by Gasteiger charge is 2.19. The topological polar surface area (TPSA) is 72.7 Å². The molecule has 3 heterocycles. The molecule has 0 atom stereocenters. The zero-order valence-electron chi connectivity index (χ0n) is 12.4. The van der Waals surface area contributed by atoms with Gasteiger partial charge in [0.15, 0.2) is 0 Å². The normalized spacial score (nSPS) is 11.5. The first kappa shape index (κ1) is 15.0. The number of rotatable bonds is 1. The van der Waals surface area contributed by atoms with Crippen molar-refractivity contribution in [1.82, 2.24) is 19.1 Å². The third kappa shape index (κ3) is 1.93. The van der Waals surface area contributed by atoms with E-state index in [1.165, 1.54) is 10.8 Å². The zero-order chi connectivity index (χ0) is 17.0. The lowest BCUT2D eigenvalue weighted by molar-refractivity contribution is 0.775. The van der Waals surface area contributed by atoms with Crippen LogP contribution in [-0.2, 0) is 7.05 Å². The zero-order valence-corrected chi connectivity index (χ0v) is 13.9. The first-order valence-corrected chi connectivity index (χ1v) is 7.78. The van der Waals surface area contributed by atoms with Crippen LogP contribution in [0.4, 0.5) is 0 Å². The third-order valence-electron chi connectivity index (χ3n) is 3.97. The number of aryl methyl sites for hydroxylation is 1. The summed E-state index contributed by atoms with van der Waals surface area (Å²) in [5.74, 6) is 0. The van der Waals surface area contributed by atoms with Crippen LogP contribution in [0.1, 0.15) is 0 Å². The van der Waals surface area contributed by atoms with Crippen molar-refractivity contribution in [2.24, 2.45) is 7.05 Å². The molecule has 4 rings (SSSR count). The molecule has 1 aromatic carbocycles. The molecule has 0 radical (unpaired) electrons. The highest BCUT2D eigenvalue weighted by Crippen LogP contribution is 2.27. The SMILES string of the molecule is Cn1c(=O)n(-c2c(Cl)cccc2Cl)c(=O)c2cnc3[nH]ccc3c21. The molecule has 6 nitrogen and oxygen atoms in total. The van der Waals surface area contributed by atoms with E-state index in [9.17, 15) is 9.59 Å². The molecule has 8 heteroatoms. The van der Waals surface area contributed by atoms with E-state index in [0.717, 1.165) is 4.57 Å². The van der Waals surface area contributed by atoms with Crippen molar-refractivity contribution in [2.45, 2.75) is 0 Å². The molecule has 0 unspecified atom stereocenters. The van der Waals surface area contributed by atoms with Gasteiger partial charge in [0, 0.05) is 24.8 Å². The van der Waals surface area contributed by atoms with Crippen LogP contribution in [0.3, 0.4) is 0 Å². The van der Waals surface area contributed by atoms with E-state index in [4.69, 9.17) is 23.2 Å². The van der Waals surface area contributed by atoms with Gasteiger partial charge in [-0.2, -0.15) is 0 Å². The molecule has 0 fully saturated rings. The van der Waals surface area contributed by atoms with Crippen LogP contribution in [-0.4, -0.2) is 19.1 Å². The smallest absolute Gasteiger partial charge is 0.335 e. The second kappa shape index (κ2) is 5.22. The van der Waals surface area contributed by atoms with Gasteiger partial charge in [-0.05, 0) is 18.2 Å². The van der Waals surface area contributed by atoms with Crippen molar-refractivity contribution < 1.29 is 0 Å². The number of aromatic amines is 1. The molecule has 0 aliphatic heterocycles. The van der Waals surface area contributed by atoms with Gasteiger partial charge in [-0.3, -0.25) is 9.36 Å². The number of nitrogens with zero attached hydrogens (tertiary/aromatic N) is 3. The number of H-pyrrole nitrogens is 1. The van der Waals surface area contributed by atoms with E-state index < -0.39 is 11.2 Å². The number of hydrogen-bond donors (Lipinski definition) is 1. The molecule has 4 aromatic rings. The van der Waals surface area contributed by atoms with Crippen LogP contribution in [0, 0.1) is 0 Å². The van der Waals surface area contributed by atoms with Gasteiger partial charge in [-0.1, -0.05) is 29.3 Å². The maximum atomic E-state index is 13.0. The van der Waals surface area contributed by atoms with Crippen LogP contribution < -0.4 is 11.2 Å². The number of pyridine rings is 1. The largest absolute Gasteiger partial charge is 0.346 e. The molecular formula is C16H10Cl2N4O2. The highest BCUT2D eigenvalue weighted by atomic mass is 35.5. The highest BCUT2D eigenvalue weighted by molar-refractivity contribution is 6.37. The Hall–Kier alpha value is -2.57. The monoisotopic (exact) mass is 360 g/mol. The van der Waals surface area contributed by atoms with Crippen molar-refractivity contribution in [2.75, 3.05) is 0 Å². The number of benzene rings is 1. The lowest BCUT2D eigenvalue weighted by Gasteiger charge is -2.13. The van der Waals surface area contributed by atoms with Crippen LogP contribution in [0.2, 0.25) is 10.0 Å². The fourth-order valence-electron chi connectivity index (χ4n) is 2.86. The molecule has 3 aromatic heterocycles. The van der Waals surface area contributed by atoms with Gasteiger partial charge < -0.3 is 4.98 Å². The summed E-state index contributed by atoms with van der Waals surface area (Å²) in [7, 11) is 1.60. The van der Waals surface area contributed by atoms with Gasteiger partial charge in [0.2, 0.25) is 0 Å². The summed E-state index contributed by atoms with van der Waals surface area (Å²) in [5.41, 5.74) is 0.235. The molecular weight excluding hydrogens is 351 g/mol. The average molecular weight is 361 g/mol. The van der Waals surface area contributed by atoms with Gasteiger partial charge in [0.1, 0.15) is 5.65 Å². The Morgan fingerprint density at radius 1 is 1.08 bits per heavy atom. The Bertz CT molecular complexity index is 1220. The fraction of sp³-hybridized carbons (Fsp3) is 0.0625. The van der Waals surface area contributed by atoms with Crippen LogP contribution in [0.15, 0.2) is 46.2 Å². The lowest BCUT2D eigenvalue weighted by Crippen LogP contribution is -2.38. The maximum Gasteiger partial charge on any atom is 0.335 e.